The molecule has 0 unspecified atom stereocenters. The number of carbonyl (C=O) groups is 1. The Labute approximate surface area is 169 Å². The number of nitrogens with one attached hydrogen (secondary N) is 1. The van der Waals surface area contributed by atoms with Crippen molar-refractivity contribution < 1.29 is 27.4 Å². The van der Waals surface area contributed by atoms with E-state index in [2.05, 4.69) is 5.32 Å². The molecule has 0 spiro atoms. The molecule has 2 atom stereocenters. The number of piperidine rings is 1. The van der Waals surface area contributed by atoms with Crippen LogP contribution >= 0.6 is 0 Å². The maximum atomic E-state index is 13.4. The Morgan fingerprint density at radius 3 is 2.59 bits per heavy atom. The Hall–Kier alpha value is -1.80. The minimum atomic E-state index is -4.39. The lowest BCUT2D eigenvalue weighted by Crippen LogP contribution is -2.38. The van der Waals surface area contributed by atoms with E-state index in [0.717, 1.165) is 12.1 Å². The van der Waals surface area contributed by atoms with E-state index in [1.165, 1.54) is 12.1 Å². The van der Waals surface area contributed by atoms with Crippen LogP contribution in [0, 0.1) is 11.8 Å². The second-order valence-electron chi connectivity index (χ2n) is 7.76. The van der Waals surface area contributed by atoms with Crippen molar-refractivity contribution in [1.82, 2.24) is 5.32 Å². The van der Waals surface area contributed by atoms with Crippen LogP contribution in [0.3, 0.4) is 0 Å². The summed E-state index contributed by atoms with van der Waals surface area (Å²) in [6.45, 7) is 5.23. The van der Waals surface area contributed by atoms with Crippen LogP contribution in [0.15, 0.2) is 18.2 Å². The predicted molar refractivity (Wildman–Crippen MR) is 104 cm³/mol. The monoisotopic (exact) mass is 414 g/mol. The molecule has 1 aromatic rings. The fourth-order valence-electron chi connectivity index (χ4n) is 4.41. The van der Waals surface area contributed by atoms with Gasteiger partial charge in [0.05, 0.1) is 24.7 Å². The highest BCUT2D eigenvalue weighted by molar-refractivity contribution is 5.73. The van der Waals surface area contributed by atoms with Crippen LogP contribution in [-0.2, 0) is 20.4 Å². The smallest absolute Gasteiger partial charge is 0.416 e. The Kier molecular flexibility index (Phi) is 7.05. The minimum absolute atomic E-state index is 0.0926. The minimum Gasteiger partial charge on any atom is -0.466 e. The zero-order valence-corrected chi connectivity index (χ0v) is 16.9. The molecule has 2 saturated heterocycles. The molecule has 2 aliphatic rings. The molecule has 2 fully saturated rings. The molecule has 0 bridgehead atoms. The molecular weight excluding hydrogens is 385 g/mol. The number of halogens is 3. The number of rotatable bonds is 6. The molecule has 0 aliphatic carbocycles. The van der Waals surface area contributed by atoms with E-state index in [-0.39, 0.29) is 23.7 Å². The van der Waals surface area contributed by atoms with Gasteiger partial charge in [-0.25, -0.2) is 0 Å². The summed E-state index contributed by atoms with van der Waals surface area (Å²) >= 11 is 0. The number of nitrogens with zero attached hydrogens (tertiary/aromatic N) is 1. The topological polar surface area (TPSA) is 50.8 Å². The van der Waals surface area contributed by atoms with Crippen molar-refractivity contribution in [3.8, 4) is 0 Å². The molecular formula is C21H29F3N2O3. The Balaban J connectivity index is 1.86. The number of alkyl halides is 3. The molecule has 5 nitrogen and oxygen atoms in total. The Bertz CT molecular complexity index is 703. The van der Waals surface area contributed by atoms with Crippen LogP contribution in [0.5, 0.6) is 0 Å². The number of hydrogen-bond donors (Lipinski definition) is 1. The van der Waals surface area contributed by atoms with E-state index in [1.54, 1.807) is 20.1 Å². The number of esters is 1. The zero-order valence-electron chi connectivity index (χ0n) is 16.9. The van der Waals surface area contributed by atoms with Crippen LogP contribution in [0.1, 0.15) is 36.8 Å². The quantitative estimate of drug-likeness (QED) is 0.723. The number of anilines is 1. The summed E-state index contributed by atoms with van der Waals surface area (Å²) in [5.41, 5.74) is 0.898. The van der Waals surface area contributed by atoms with E-state index in [0.29, 0.717) is 51.4 Å². The average molecular weight is 414 g/mol. The molecule has 8 heteroatoms. The second kappa shape index (κ2) is 9.34. The third kappa shape index (κ3) is 5.04. The number of methoxy groups -OCH3 is 1. The van der Waals surface area contributed by atoms with Gasteiger partial charge in [0, 0.05) is 50.8 Å². The van der Waals surface area contributed by atoms with E-state index in [1.807, 2.05) is 4.90 Å². The summed E-state index contributed by atoms with van der Waals surface area (Å²) in [4.78, 5) is 14.0. The van der Waals surface area contributed by atoms with Crippen molar-refractivity contribution in [1.29, 1.82) is 0 Å². The fraction of sp³-hybridized carbons (Fsp3) is 0.667. The predicted octanol–water partition coefficient (Wildman–Crippen LogP) is 3.43. The third-order valence-electron chi connectivity index (χ3n) is 5.93. The first-order chi connectivity index (χ1) is 13.8. The van der Waals surface area contributed by atoms with Crippen LogP contribution in [0.25, 0.3) is 0 Å². The summed E-state index contributed by atoms with van der Waals surface area (Å²) in [6, 6.07) is 4.06. The molecule has 2 heterocycles. The summed E-state index contributed by atoms with van der Waals surface area (Å²) in [5.74, 6) is -0.0889. The van der Waals surface area contributed by atoms with E-state index >= 15 is 0 Å². The first-order valence-corrected chi connectivity index (χ1v) is 10.2. The molecule has 0 aromatic heterocycles. The second-order valence-corrected chi connectivity index (χ2v) is 7.76. The maximum Gasteiger partial charge on any atom is 0.416 e. The van der Waals surface area contributed by atoms with Gasteiger partial charge in [-0.2, -0.15) is 13.2 Å². The van der Waals surface area contributed by atoms with Gasteiger partial charge in [-0.15, -0.1) is 0 Å². The fourth-order valence-corrected chi connectivity index (χ4v) is 4.41. The van der Waals surface area contributed by atoms with Gasteiger partial charge in [-0.1, -0.05) is 6.07 Å². The largest absolute Gasteiger partial charge is 0.466 e. The molecule has 1 N–H and O–H groups in total. The van der Waals surface area contributed by atoms with Gasteiger partial charge in [0.15, 0.2) is 0 Å². The van der Waals surface area contributed by atoms with Gasteiger partial charge < -0.3 is 19.7 Å². The number of carbonyl (C=O) groups excluding carboxylic acids is 1. The van der Waals surface area contributed by atoms with Gasteiger partial charge in [0.1, 0.15) is 0 Å². The average Bonchev–Trinajstić information content (AvgIpc) is 3.15. The summed E-state index contributed by atoms with van der Waals surface area (Å²) in [6.07, 6.45) is -3.23. The molecule has 0 radical (unpaired) electrons. The Morgan fingerprint density at radius 2 is 1.97 bits per heavy atom. The lowest BCUT2D eigenvalue weighted by atomic mass is 9.86. The van der Waals surface area contributed by atoms with Crippen LogP contribution in [0.2, 0.25) is 0 Å². The van der Waals surface area contributed by atoms with Gasteiger partial charge in [0.25, 0.3) is 0 Å². The molecule has 0 saturated carbocycles. The third-order valence-corrected chi connectivity index (χ3v) is 5.93. The lowest BCUT2D eigenvalue weighted by Gasteiger charge is -2.35. The van der Waals surface area contributed by atoms with Crippen molar-refractivity contribution >= 4 is 11.7 Å². The molecule has 29 heavy (non-hydrogen) atoms. The molecule has 162 valence electrons. The van der Waals surface area contributed by atoms with Crippen molar-refractivity contribution in [2.75, 3.05) is 51.4 Å². The van der Waals surface area contributed by atoms with Crippen LogP contribution in [-0.4, -0.2) is 52.5 Å². The molecule has 2 aliphatic heterocycles. The zero-order chi connectivity index (χ0) is 21.0. The van der Waals surface area contributed by atoms with Gasteiger partial charge in [0.2, 0.25) is 0 Å². The first-order valence-electron chi connectivity index (χ1n) is 10.2. The van der Waals surface area contributed by atoms with Crippen molar-refractivity contribution in [2.45, 2.75) is 31.9 Å². The van der Waals surface area contributed by atoms with E-state index in [9.17, 15) is 18.0 Å². The highest BCUT2D eigenvalue weighted by atomic mass is 19.4. The first kappa shape index (κ1) is 21.9. The number of hydrogen-bond acceptors (Lipinski definition) is 5. The van der Waals surface area contributed by atoms with Crippen LogP contribution < -0.4 is 10.2 Å². The normalized spacial score (nSPS) is 23.4. The highest BCUT2D eigenvalue weighted by Crippen LogP contribution is 2.40. The van der Waals surface area contributed by atoms with Gasteiger partial charge in [-0.3, -0.25) is 4.79 Å². The molecule has 3 rings (SSSR count). The standard InChI is InChI=1S/C21H29F3N2O3/c1-3-29-20(27)14-6-8-26(9-7-14)19-10-16(21(22,23)24)4-5-17(19)18-12-25-11-15(18)13-28-2/h4-5,10,14-15,18,25H,3,6-9,11-13H2,1-2H3/t15-,18+/m1/s1. The van der Waals surface area contributed by atoms with Gasteiger partial charge >= 0.3 is 12.1 Å². The number of ether oxygens (including phenoxy) is 2. The maximum absolute atomic E-state index is 13.4. The number of benzene rings is 1. The van der Waals surface area contributed by atoms with Crippen molar-refractivity contribution in [3.05, 3.63) is 29.3 Å². The van der Waals surface area contributed by atoms with E-state index < -0.39 is 11.7 Å². The summed E-state index contributed by atoms with van der Waals surface area (Å²) in [5, 5.41) is 3.33. The summed E-state index contributed by atoms with van der Waals surface area (Å²) < 4.78 is 50.6. The Morgan fingerprint density at radius 1 is 1.24 bits per heavy atom. The van der Waals surface area contributed by atoms with E-state index in [4.69, 9.17) is 9.47 Å². The molecule has 1 aromatic carbocycles. The van der Waals surface area contributed by atoms with Crippen LogP contribution in [0.4, 0.5) is 18.9 Å². The SMILES string of the molecule is CCOC(=O)C1CCN(c2cc(C(F)(F)F)ccc2[C@H]2CNC[C@@H]2COC)CC1. The molecule has 0 amide bonds. The van der Waals surface area contributed by atoms with Crippen molar-refractivity contribution in [3.63, 3.8) is 0 Å². The van der Waals surface area contributed by atoms with Gasteiger partial charge in [-0.05, 0) is 37.5 Å². The summed E-state index contributed by atoms with van der Waals surface area (Å²) in [7, 11) is 1.64. The lowest BCUT2D eigenvalue weighted by molar-refractivity contribution is -0.148. The van der Waals surface area contributed by atoms with Crippen molar-refractivity contribution in [2.24, 2.45) is 11.8 Å². The highest BCUT2D eigenvalue weighted by Gasteiger charge is 2.36.